The number of hydrogen-bond acceptors (Lipinski definition) is 3. The Hall–Kier alpha value is -3.93. The van der Waals surface area contributed by atoms with Gasteiger partial charge in [-0.25, -0.2) is 0 Å². The van der Waals surface area contributed by atoms with E-state index >= 15 is 0 Å². The zero-order chi connectivity index (χ0) is 21.9. The molecule has 4 heterocycles. The molecule has 0 N–H and O–H groups in total. The standard InChI is InChI=1S/C26H25N5O/c1-20-24-10-6-14-29(24)15-16-31(20)25(32)12-11-23-19-30(18-21-7-3-2-4-8-21)28-26(23)22-9-5-13-27-17-22/h2-14,17,19-20H,15-16,18H2,1H3/b12-11+. The predicted molar refractivity (Wildman–Crippen MR) is 125 cm³/mol. The van der Waals surface area contributed by atoms with Crippen LogP contribution in [-0.4, -0.2) is 36.7 Å². The summed E-state index contributed by atoms with van der Waals surface area (Å²) in [7, 11) is 0. The first-order valence-corrected chi connectivity index (χ1v) is 10.8. The van der Waals surface area contributed by atoms with Gasteiger partial charge < -0.3 is 9.47 Å². The van der Waals surface area contributed by atoms with Crippen molar-refractivity contribution in [2.75, 3.05) is 6.54 Å². The quantitative estimate of drug-likeness (QED) is 0.447. The van der Waals surface area contributed by atoms with E-state index in [1.807, 2.05) is 58.3 Å². The van der Waals surface area contributed by atoms with E-state index < -0.39 is 0 Å². The second-order valence-electron chi connectivity index (χ2n) is 8.03. The largest absolute Gasteiger partial charge is 0.348 e. The van der Waals surface area contributed by atoms with Crippen molar-refractivity contribution in [1.29, 1.82) is 0 Å². The van der Waals surface area contributed by atoms with Crippen molar-refractivity contribution in [3.05, 3.63) is 102 Å². The highest BCUT2D eigenvalue weighted by atomic mass is 16.2. The molecule has 160 valence electrons. The van der Waals surface area contributed by atoms with Gasteiger partial charge in [0.2, 0.25) is 5.91 Å². The lowest BCUT2D eigenvalue weighted by Crippen LogP contribution is -2.39. The van der Waals surface area contributed by atoms with Crippen molar-refractivity contribution in [1.82, 2.24) is 24.2 Å². The molecular formula is C26H25N5O. The van der Waals surface area contributed by atoms with Crippen LogP contribution in [0.4, 0.5) is 0 Å². The third-order valence-corrected chi connectivity index (χ3v) is 5.94. The van der Waals surface area contributed by atoms with E-state index in [-0.39, 0.29) is 11.9 Å². The maximum absolute atomic E-state index is 13.0. The van der Waals surface area contributed by atoms with Crippen LogP contribution in [0.1, 0.15) is 29.8 Å². The fourth-order valence-electron chi connectivity index (χ4n) is 4.27. The van der Waals surface area contributed by atoms with Crippen LogP contribution < -0.4 is 0 Å². The molecule has 0 bridgehead atoms. The summed E-state index contributed by atoms with van der Waals surface area (Å²) in [5, 5.41) is 4.80. The number of aromatic nitrogens is 4. The number of benzene rings is 1. The molecule has 6 heteroatoms. The third-order valence-electron chi connectivity index (χ3n) is 5.94. The fraction of sp³-hybridized carbons (Fsp3) is 0.192. The summed E-state index contributed by atoms with van der Waals surface area (Å²) < 4.78 is 4.13. The highest BCUT2D eigenvalue weighted by Crippen LogP contribution is 2.27. The van der Waals surface area contributed by atoms with Gasteiger partial charge >= 0.3 is 0 Å². The van der Waals surface area contributed by atoms with E-state index in [9.17, 15) is 4.79 Å². The zero-order valence-corrected chi connectivity index (χ0v) is 18.0. The van der Waals surface area contributed by atoms with E-state index in [1.165, 1.54) is 11.3 Å². The monoisotopic (exact) mass is 423 g/mol. The van der Waals surface area contributed by atoms with Gasteiger partial charge in [0, 0.05) is 60.8 Å². The topological polar surface area (TPSA) is 56.0 Å². The number of amides is 1. The Morgan fingerprint density at radius 3 is 2.78 bits per heavy atom. The predicted octanol–water partition coefficient (Wildman–Crippen LogP) is 4.41. The summed E-state index contributed by atoms with van der Waals surface area (Å²) in [6.07, 6.45) is 11.2. The molecule has 0 saturated heterocycles. The molecule has 6 nitrogen and oxygen atoms in total. The highest BCUT2D eigenvalue weighted by molar-refractivity contribution is 5.93. The number of carbonyl (C=O) groups is 1. The minimum absolute atomic E-state index is 0.0119. The highest BCUT2D eigenvalue weighted by Gasteiger charge is 2.26. The second kappa shape index (κ2) is 8.67. The molecule has 1 atom stereocenters. The Morgan fingerprint density at radius 1 is 1.09 bits per heavy atom. The van der Waals surface area contributed by atoms with Crippen molar-refractivity contribution in [3.63, 3.8) is 0 Å². The molecule has 4 aromatic rings. The molecule has 1 aliphatic rings. The van der Waals surface area contributed by atoms with E-state index in [0.29, 0.717) is 13.1 Å². The minimum atomic E-state index is 0.0119. The molecule has 1 aliphatic heterocycles. The second-order valence-corrected chi connectivity index (χ2v) is 8.03. The van der Waals surface area contributed by atoms with Crippen molar-refractivity contribution in [2.24, 2.45) is 0 Å². The smallest absolute Gasteiger partial charge is 0.247 e. The number of nitrogens with zero attached hydrogens (tertiary/aromatic N) is 5. The van der Waals surface area contributed by atoms with Crippen molar-refractivity contribution in [2.45, 2.75) is 26.1 Å². The van der Waals surface area contributed by atoms with E-state index in [4.69, 9.17) is 5.10 Å². The van der Waals surface area contributed by atoms with Gasteiger partial charge in [-0.2, -0.15) is 5.10 Å². The lowest BCUT2D eigenvalue weighted by molar-refractivity contribution is -0.129. The van der Waals surface area contributed by atoms with Gasteiger partial charge in [-0.05, 0) is 42.8 Å². The van der Waals surface area contributed by atoms with Gasteiger partial charge in [-0.1, -0.05) is 30.3 Å². The molecule has 32 heavy (non-hydrogen) atoms. The maximum Gasteiger partial charge on any atom is 0.247 e. The van der Waals surface area contributed by atoms with Gasteiger partial charge in [0.1, 0.15) is 5.69 Å². The number of pyridine rings is 1. The lowest BCUT2D eigenvalue weighted by atomic mass is 10.1. The number of carbonyl (C=O) groups excluding carboxylic acids is 1. The lowest BCUT2D eigenvalue weighted by Gasteiger charge is -2.34. The summed E-state index contributed by atoms with van der Waals surface area (Å²) >= 11 is 0. The Labute approximate surface area is 187 Å². The van der Waals surface area contributed by atoms with Crippen LogP contribution in [-0.2, 0) is 17.9 Å². The van der Waals surface area contributed by atoms with E-state index in [0.717, 1.165) is 23.4 Å². The number of hydrogen-bond donors (Lipinski definition) is 0. The third kappa shape index (κ3) is 3.99. The molecule has 5 rings (SSSR count). The average Bonchev–Trinajstić information content (AvgIpc) is 3.46. The van der Waals surface area contributed by atoms with Gasteiger partial charge in [-0.15, -0.1) is 0 Å². The van der Waals surface area contributed by atoms with Crippen LogP contribution in [0.5, 0.6) is 0 Å². The van der Waals surface area contributed by atoms with E-state index in [1.54, 1.807) is 18.5 Å². The van der Waals surface area contributed by atoms with Crippen molar-refractivity contribution < 1.29 is 4.79 Å². The maximum atomic E-state index is 13.0. The molecular weight excluding hydrogens is 398 g/mol. The van der Waals surface area contributed by atoms with E-state index in [2.05, 4.69) is 40.9 Å². The molecule has 1 amide bonds. The molecule has 1 aromatic carbocycles. The van der Waals surface area contributed by atoms with Gasteiger partial charge in [0.05, 0.1) is 12.6 Å². The van der Waals surface area contributed by atoms with Crippen LogP contribution in [0.2, 0.25) is 0 Å². The Bertz CT molecular complexity index is 1240. The summed E-state index contributed by atoms with van der Waals surface area (Å²) in [5.74, 6) is 0.0119. The number of fused-ring (bicyclic) bond motifs is 1. The molecule has 3 aromatic heterocycles. The van der Waals surface area contributed by atoms with Crippen LogP contribution in [0.15, 0.2) is 85.5 Å². The molecule has 0 saturated carbocycles. The summed E-state index contributed by atoms with van der Waals surface area (Å²) in [4.78, 5) is 19.2. The normalized spacial score (nSPS) is 15.8. The van der Waals surface area contributed by atoms with Crippen LogP contribution in [0.25, 0.3) is 17.3 Å². The van der Waals surface area contributed by atoms with Crippen molar-refractivity contribution >= 4 is 12.0 Å². The Morgan fingerprint density at radius 2 is 1.97 bits per heavy atom. The summed E-state index contributed by atoms with van der Waals surface area (Å²) in [6, 6.07) is 18.3. The van der Waals surface area contributed by atoms with Gasteiger partial charge in [-0.3, -0.25) is 14.5 Å². The van der Waals surface area contributed by atoms with Gasteiger partial charge in [0.25, 0.3) is 0 Å². The Kier molecular flexibility index (Phi) is 5.42. The fourth-order valence-corrected chi connectivity index (χ4v) is 4.27. The summed E-state index contributed by atoms with van der Waals surface area (Å²) in [5.41, 5.74) is 4.98. The zero-order valence-electron chi connectivity index (χ0n) is 18.0. The first-order chi connectivity index (χ1) is 15.7. The molecule has 0 fully saturated rings. The SMILES string of the molecule is CC1c2cccn2CCN1C(=O)/C=C/c1cn(Cc2ccccc2)nc1-c1cccnc1. The van der Waals surface area contributed by atoms with Gasteiger partial charge in [0.15, 0.2) is 0 Å². The molecule has 0 radical (unpaired) electrons. The Balaban J connectivity index is 1.42. The van der Waals surface area contributed by atoms with Crippen LogP contribution in [0, 0.1) is 0 Å². The minimum Gasteiger partial charge on any atom is -0.348 e. The molecule has 0 spiro atoms. The van der Waals surface area contributed by atoms with Crippen molar-refractivity contribution in [3.8, 4) is 11.3 Å². The number of rotatable bonds is 5. The molecule has 1 unspecified atom stereocenters. The average molecular weight is 424 g/mol. The first kappa shape index (κ1) is 20.0. The molecule has 0 aliphatic carbocycles. The van der Waals surface area contributed by atoms with Crippen LogP contribution in [0.3, 0.4) is 0 Å². The summed E-state index contributed by atoms with van der Waals surface area (Å²) in [6.45, 7) is 4.27. The van der Waals surface area contributed by atoms with Crippen LogP contribution >= 0.6 is 0 Å². The first-order valence-electron chi connectivity index (χ1n) is 10.8.